The molecule has 1 aliphatic rings. The summed E-state index contributed by atoms with van der Waals surface area (Å²) >= 11 is 0. The largest absolute Gasteiger partial charge is 0.454 e. The zero-order valence-corrected chi connectivity index (χ0v) is 10.7. The Bertz CT molecular complexity index is 432. The minimum Gasteiger partial charge on any atom is -0.454 e. The van der Waals surface area contributed by atoms with Crippen LogP contribution in [-0.2, 0) is 0 Å². The van der Waals surface area contributed by atoms with Crippen molar-refractivity contribution < 1.29 is 14.3 Å². The number of fused-ring (bicyclic) bond motifs is 1. The quantitative estimate of drug-likeness (QED) is 0.863. The fraction of sp³-hybridized carbons (Fsp3) is 0.462. The van der Waals surface area contributed by atoms with E-state index in [0.717, 1.165) is 6.42 Å². The number of urea groups is 1. The van der Waals surface area contributed by atoms with Gasteiger partial charge in [0.05, 0.1) is 0 Å². The van der Waals surface area contributed by atoms with Crippen LogP contribution in [0.2, 0.25) is 0 Å². The molecular formula is C13H18N2O3. The number of benzene rings is 1. The molecule has 0 unspecified atom stereocenters. The topological polar surface area (TPSA) is 59.6 Å². The molecule has 0 radical (unpaired) electrons. The van der Waals surface area contributed by atoms with Gasteiger partial charge >= 0.3 is 6.03 Å². The molecule has 2 rings (SSSR count). The second-order valence-electron chi connectivity index (χ2n) is 4.63. The molecule has 0 saturated carbocycles. The SMILES string of the molecule is CC(C)CCNC(=O)Nc1ccc2c(c1)OCO2. The molecule has 98 valence electrons. The van der Waals surface area contributed by atoms with Gasteiger partial charge in [-0.1, -0.05) is 13.8 Å². The minimum atomic E-state index is -0.200. The lowest BCUT2D eigenvalue weighted by Gasteiger charge is -2.09. The van der Waals surface area contributed by atoms with Gasteiger partial charge in [0.25, 0.3) is 0 Å². The monoisotopic (exact) mass is 250 g/mol. The smallest absolute Gasteiger partial charge is 0.319 e. The van der Waals surface area contributed by atoms with E-state index >= 15 is 0 Å². The fourth-order valence-electron chi connectivity index (χ4n) is 1.62. The molecule has 1 aromatic rings. The van der Waals surface area contributed by atoms with Gasteiger partial charge in [-0.05, 0) is 24.5 Å². The number of amides is 2. The van der Waals surface area contributed by atoms with Gasteiger partial charge in [-0.15, -0.1) is 0 Å². The van der Waals surface area contributed by atoms with Crippen LogP contribution in [0.25, 0.3) is 0 Å². The van der Waals surface area contributed by atoms with Gasteiger partial charge in [-0.3, -0.25) is 0 Å². The van der Waals surface area contributed by atoms with Crippen LogP contribution < -0.4 is 20.1 Å². The van der Waals surface area contributed by atoms with E-state index in [-0.39, 0.29) is 12.8 Å². The van der Waals surface area contributed by atoms with Crippen molar-refractivity contribution in [2.24, 2.45) is 5.92 Å². The summed E-state index contributed by atoms with van der Waals surface area (Å²) in [6.45, 7) is 5.16. The van der Waals surface area contributed by atoms with Crippen molar-refractivity contribution in [1.82, 2.24) is 5.32 Å². The maximum atomic E-state index is 11.6. The summed E-state index contributed by atoms with van der Waals surface area (Å²) in [5, 5.41) is 5.57. The third kappa shape index (κ3) is 3.29. The molecule has 2 N–H and O–H groups in total. The van der Waals surface area contributed by atoms with E-state index in [0.29, 0.717) is 29.6 Å². The molecule has 0 aromatic heterocycles. The van der Waals surface area contributed by atoms with Gasteiger partial charge in [0, 0.05) is 18.3 Å². The van der Waals surface area contributed by atoms with E-state index in [4.69, 9.17) is 9.47 Å². The Morgan fingerprint density at radius 2 is 2.11 bits per heavy atom. The Balaban J connectivity index is 1.84. The minimum absolute atomic E-state index is 0.200. The standard InChI is InChI=1S/C13H18N2O3/c1-9(2)5-6-14-13(16)15-10-3-4-11-12(7-10)18-8-17-11/h3-4,7,9H,5-6,8H2,1-2H3,(H2,14,15,16). The second kappa shape index (κ2) is 5.62. The Hall–Kier alpha value is -1.91. The van der Waals surface area contributed by atoms with Crippen LogP contribution in [0.5, 0.6) is 11.5 Å². The third-order valence-electron chi connectivity index (χ3n) is 2.64. The lowest BCUT2D eigenvalue weighted by molar-refractivity contribution is 0.174. The van der Waals surface area contributed by atoms with Gasteiger partial charge in [-0.25, -0.2) is 4.79 Å². The Morgan fingerprint density at radius 3 is 2.89 bits per heavy atom. The molecular weight excluding hydrogens is 232 g/mol. The van der Waals surface area contributed by atoms with Crippen molar-refractivity contribution in [2.75, 3.05) is 18.7 Å². The van der Waals surface area contributed by atoms with E-state index in [9.17, 15) is 4.79 Å². The zero-order valence-electron chi connectivity index (χ0n) is 10.7. The van der Waals surface area contributed by atoms with Crippen LogP contribution in [-0.4, -0.2) is 19.4 Å². The number of hydrogen-bond donors (Lipinski definition) is 2. The highest BCUT2D eigenvalue weighted by Crippen LogP contribution is 2.34. The van der Waals surface area contributed by atoms with Gasteiger partial charge in [0.15, 0.2) is 11.5 Å². The zero-order chi connectivity index (χ0) is 13.0. The van der Waals surface area contributed by atoms with E-state index in [2.05, 4.69) is 24.5 Å². The van der Waals surface area contributed by atoms with Crippen molar-refractivity contribution in [3.63, 3.8) is 0 Å². The highest BCUT2D eigenvalue weighted by atomic mass is 16.7. The molecule has 1 aliphatic heterocycles. The first kappa shape index (κ1) is 12.5. The fourth-order valence-corrected chi connectivity index (χ4v) is 1.62. The van der Waals surface area contributed by atoms with Crippen LogP contribution in [0.4, 0.5) is 10.5 Å². The first-order valence-electron chi connectivity index (χ1n) is 6.09. The summed E-state index contributed by atoms with van der Waals surface area (Å²) in [6, 6.07) is 5.13. The molecule has 0 spiro atoms. The van der Waals surface area contributed by atoms with Crippen molar-refractivity contribution in [3.05, 3.63) is 18.2 Å². The summed E-state index contributed by atoms with van der Waals surface area (Å²) < 4.78 is 10.4. The number of carbonyl (C=O) groups is 1. The number of anilines is 1. The van der Waals surface area contributed by atoms with E-state index < -0.39 is 0 Å². The lowest BCUT2D eigenvalue weighted by Crippen LogP contribution is -2.30. The van der Waals surface area contributed by atoms with Crippen molar-refractivity contribution in [3.8, 4) is 11.5 Å². The molecule has 0 fully saturated rings. The molecule has 5 heteroatoms. The molecule has 0 saturated heterocycles. The Labute approximate surface area is 106 Å². The predicted octanol–water partition coefficient (Wildman–Crippen LogP) is 2.58. The number of nitrogens with one attached hydrogen (secondary N) is 2. The first-order valence-corrected chi connectivity index (χ1v) is 6.09. The number of carbonyl (C=O) groups excluding carboxylic acids is 1. The molecule has 18 heavy (non-hydrogen) atoms. The Morgan fingerprint density at radius 1 is 1.33 bits per heavy atom. The highest BCUT2D eigenvalue weighted by Gasteiger charge is 2.13. The van der Waals surface area contributed by atoms with Crippen LogP contribution in [0, 0.1) is 5.92 Å². The molecule has 0 bridgehead atoms. The van der Waals surface area contributed by atoms with Crippen molar-refractivity contribution in [2.45, 2.75) is 20.3 Å². The van der Waals surface area contributed by atoms with Crippen LogP contribution in [0.3, 0.4) is 0 Å². The van der Waals surface area contributed by atoms with E-state index in [1.165, 1.54) is 0 Å². The van der Waals surface area contributed by atoms with E-state index in [1.807, 2.05) is 0 Å². The summed E-state index contributed by atoms with van der Waals surface area (Å²) in [5.74, 6) is 1.95. The van der Waals surface area contributed by atoms with Crippen molar-refractivity contribution in [1.29, 1.82) is 0 Å². The number of rotatable bonds is 4. The van der Waals surface area contributed by atoms with Gasteiger partial charge in [-0.2, -0.15) is 0 Å². The molecule has 1 heterocycles. The summed E-state index contributed by atoms with van der Waals surface area (Å²) in [6.07, 6.45) is 0.967. The first-order chi connectivity index (χ1) is 8.65. The average Bonchev–Trinajstić information content (AvgIpc) is 2.75. The summed E-state index contributed by atoms with van der Waals surface area (Å²) in [4.78, 5) is 11.6. The lowest BCUT2D eigenvalue weighted by atomic mass is 10.1. The summed E-state index contributed by atoms with van der Waals surface area (Å²) in [5.41, 5.74) is 0.696. The van der Waals surface area contributed by atoms with Crippen LogP contribution in [0.1, 0.15) is 20.3 Å². The maximum absolute atomic E-state index is 11.6. The van der Waals surface area contributed by atoms with E-state index in [1.54, 1.807) is 18.2 Å². The molecule has 0 atom stereocenters. The van der Waals surface area contributed by atoms with Gasteiger partial charge in [0.2, 0.25) is 6.79 Å². The molecule has 1 aromatic carbocycles. The van der Waals surface area contributed by atoms with Gasteiger partial charge in [0.1, 0.15) is 0 Å². The maximum Gasteiger partial charge on any atom is 0.319 e. The summed E-state index contributed by atoms with van der Waals surface area (Å²) in [7, 11) is 0. The Kier molecular flexibility index (Phi) is 3.92. The average molecular weight is 250 g/mol. The number of hydrogen-bond acceptors (Lipinski definition) is 3. The second-order valence-corrected chi connectivity index (χ2v) is 4.63. The van der Waals surface area contributed by atoms with Crippen molar-refractivity contribution >= 4 is 11.7 Å². The molecule has 5 nitrogen and oxygen atoms in total. The number of ether oxygens (including phenoxy) is 2. The third-order valence-corrected chi connectivity index (χ3v) is 2.64. The highest BCUT2D eigenvalue weighted by molar-refractivity contribution is 5.89. The normalized spacial score (nSPS) is 12.6. The van der Waals surface area contributed by atoms with Gasteiger partial charge < -0.3 is 20.1 Å². The van der Waals surface area contributed by atoms with Crippen LogP contribution in [0.15, 0.2) is 18.2 Å². The molecule has 0 aliphatic carbocycles. The molecule has 2 amide bonds. The van der Waals surface area contributed by atoms with Crippen LogP contribution >= 0.6 is 0 Å². The predicted molar refractivity (Wildman–Crippen MR) is 69.0 cm³/mol.